The molecule has 0 saturated carbocycles. The van der Waals surface area contributed by atoms with Gasteiger partial charge in [-0.2, -0.15) is 4.98 Å². The first-order chi connectivity index (χ1) is 10.2. The van der Waals surface area contributed by atoms with E-state index in [1.165, 1.54) is 0 Å². The number of hydrogen-bond acceptors (Lipinski definition) is 5. The van der Waals surface area contributed by atoms with Crippen molar-refractivity contribution in [1.29, 1.82) is 0 Å². The van der Waals surface area contributed by atoms with Gasteiger partial charge in [-0.15, -0.1) is 0 Å². The predicted octanol–water partition coefficient (Wildman–Crippen LogP) is 2.61. The Bertz CT molecular complexity index is 782. The van der Waals surface area contributed by atoms with Gasteiger partial charge in [0, 0.05) is 11.6 Å². The zero-order valence-electron chi connectivity index (χ0n) is 11.9. The molecule has 0 aliphatic carbocycles. The van der Waals surface area contributed by atoms with Crippen molar-refractivity contribution in [2.75, 3.05) is 19.5 Å². The van der Waals surface area contributed by atoms with Gasteiger partial charge in [0.25, 0.3) is 0 Å². The first kappa shape index (κ1) is 13.2. The summed E-state index contributed by atoms with van der Waals surface area (Å²) in [6.07, 6.45) is 0. The molecule has 0 unspecified atom stereocenters. The summed E-state index contributed by atoms with van der Waals surface area (Å²) >= 11 is 0. The van der Waals surface area contributed by atoms with Crippen molar-refractivity contribution >= 4 is 16.9 Å². The number of methoxy groups -OCH3 is 1. The highest BCUT2D eigenvalue weighted by Crippen LogP contribution is 2.28. The van der Waals surface area contributed by atoms with Gasteiger partial charge in [0.2, 0.25) is 5.88 Å². The summed E-state index contributed by atoms with van der Waals surface area (Å²) in [7, 11) is 1.59. The van der Waals surface area contributed by atoms with E-state index in [1.807, 2.05) is 37.3 Å². The number of rotatable bonds is 4. The van der Waals surface area contributed by atoms with Crippen molar-refractivity contribution in [2.24, 2.45) is 0 Å². The average Bonchev–Trinajstić information content (AvgIpc) is 2.90. The first-order valence-corrected chi connectivity index (χ1v) is 6.64. The number of nitrogens with two attached hydrogens (primary N) is 1. The molecular formula is C15H16N4O2. The highest BCUT2D eigenvalue weighted by molar-refractivity contribution is 5.77. The number of nitrogens with one attached hydrogen (secondary N) is 1. The fourth-order valence-corrected chi connectivity index (χ4v) is 2.12. The van der Waals surface area contributed by atoms with Crippen LogP contribution >= 0.6 is 0 Å². The molecule has 0 amide bonds. The second-order valence-electron chi connectivity index (χ2n) is 4.50. The molecule has 6 heteroatoms. The van der Waals surface area contributed by atoms with E-state index in [0.717, 1.165) is 11.1 Å². The lowest BCUT2D eigenvalue weighted by Crippen LogP contribution is -1.93. The number of ether oxygens (including phenoxy) is 2. The highest BCUT2D eigenvalue weighted by atomic mass is 16.5. The van der Waals surface area contributed by atoms with Crippen molar-refractivity contribution in [1.82, 2.24) is 15.0 Å². The van der Waals surface area contributed by atoms with E-state index >= 15 is 0 Å². The molecule has 0 saturated heterocycles. The van der Waals surface area contributed by atoms with Crippen molar-refractivity contribution in [3.05, 3.63) is 30.3 Å². The van der Waals surface area contributed by atoms with Crippen LogP contribution in [0.4, 0.5) is 5.69 Å². The number of nitrogen functional groups attached to an aromatic ring is 1. The van der Waals surface area contributed by atoms with Crippen LogP contribution in [-0.2, 0) is 0 Å². The van der Waals surface area contributed by atoms with Crippen molar-refractivity contribution in [3.8, 4) is 23.0 Å². The second-order valence-corrected chi connectivity index (χ2v) is 4.50. The molecular weight excluding hydrogens is 268 g/mol. The number of fused-ring (bicyclic) bond motifs is 1. The van der Waals surface area contributed by atoms with Crippen LogP contribution in [-0.4, -0.2) is 28.7 Å². The minimum atomic E-state index is 0.567. The summed E-state index contributed by atoms with van der Waals surface area (Å²) in [5.74, 6) is 1.92. The molecule has 0 aliphatic heterocycles. The fraction of sp³-hybridized carbons (Fsp3) is 0.200. The number of anilines is 1. The standard InChI is InChI=1S/C15H16N4O2/c1-3-21-13-7-5-11-15(18-13)19-14(17-11)9-4-6-12(20-2)10(16)8-9/h4-8H,3,16H2,1-2H3,(H,17,18,19). The Labute approximate surface area is 121 Å². The minimum absolute atomic E-state index is 0.567. The molecule has 0 aliphatic rings. The molecule has 2 heterocycles. The molecule has 6 nitrogen and oxygen atoms in total. The number of hydrogen-bond donors (Lipinski definition) is 2. The van der Waals surface area contributed by atoms with E-state index in [4.69, 9.17) is 15.2 Å². The Balaban J connectivity index is 2.02. The van der Waals surface area contributed by atoms with Crippen LogP contribution in [0.25, 0.3) is 22.6 Å². The maximum Gasteiger partial charge on any atom is 0.215 e. The van der Waals surface area contributed by atoms with Gasteiger partial charge in [-0.25, -0.2) is 4.98 Å². The fourth-order valence-electron chi connectivity index (χ4n) is 2.12. The largest absolute Gasteiger partial charge is 0.495 e. The maximum atomic E-state index is 5.92. The number of aromatic amines is 1. The molecule has 0 radical (unpaired) electrons. The Morgan fingerprint density at radius 2 is 2.05 bits per heavy atom. The zero-order chi connectivity index (χ0) is 14.8. The minimum Gasteiger partial charge on any atom is -0.495 e. The molecule has 3 aromatic rings. The van der Waals surface area contributed by atoms with Gasteiger partial charge in [0.1, 0.15) is 11.6 Å². The molecule has 21 heavy (non-hydrogen) atoms. The van der Waals surface area contributed by atoms with Crippen molar-refractivity contribution in [3.63, 3.8) is 0 Å². The normalized spacial score (nSPS) is 10.8. The topological polar surface area (TPSA) is 86.0 Å². The van der Waals surface area contributed by atoms with Gasteiger partial charge in [0.15, 0.2) is 5.65 Å². The molecule has 108 valence electrons. The van der Waals surface area contributed by atoms with Crippen molar-refractivity contribution in [2.45, 2.75) is 6.92 Å². The van der Waals surface area contributed by atoms with Gasteiger partial charge in [0.05, 0.1) is 24.9 Å². The molecule has 0 atom stereocenters. The van der Waals surface area contributed by atoms with Crippen LogP contribution < -0.4 is 15.2 Å². The molecule has 0 fully saturated rings. The van der Waals surface area contributed by atoms with Gasteiger partial charge in [-0.05, 0) is 31.2 Å². The van der Waals surface area contributed by atoms with Gasteiger partial charge in [-0.3, -0.25) is 0 Å². The Hall–Kier alpha value is -2.76. The van der Waals surface area contributed by atoms with E-state index in [0.29, 0.717) is 35.4 Å². The monoisotopic (exact) mass is 284 g/mol. The van der Waals surface area contributed by atoms with E-state index in [1.54, 1.807) is 7.11 Å². The molecule has 2 aromatic heterocycles. The van der Waals surface area contributed by atoms with E-state index in [-0.39, 0.29) is 0 Å². The summed E-state index contributed by atoms with van der Waals surface area (Å²) in [6, 6.07) is 9.25. The van der Waals surface area contributed by atoms with Crippen LogP contribution in [0.15, 0.2) is 30.3 Å². The number of nitrogens with zero attached hydrogens (tertiary/aromatic N) is 2. The Morgan fingerprint density at radius 1 is 1.19 bits per heavy atom. The second kappa shape index (κ2) is 5.32. The molecule has 0 spiro atoms. The molecule has 1 aromatic carbocycles. The lowest BCUT2D eigenvalue weighted by Gasteiger charge is -2.05. The molecule has 0 bridgehead atoms. The lowest BCUT2D eigenvalue weighted by atomic mass is 10.2. The highest BCUT2D eigenvalue weighted by Gasteiger charge is 2.09. The number of imidazole rings is 1. The quantitative estimate of drug-likeness (QED) is 0.719. The van der Waals surface area contributed by atoms with Gasteiger partial charge >= 0.3 is 0 Å². The van der Waals surface area contributed by atoms with E-state index < -0.39 is 0 Å². The SMILES string of the molecule is CCOc1ccc2[nH]c(-c3ccc(OC)c(N)c3)nc2n1. The number of pyridine rings is 1. The van der Waals surface area contributed by atoms with Crippen LogP contribution in [0.5, 0.6) is 11.6 Å². The van der Waals surface area contributed by atoms with Crippen molar-refractivity contribution < 1.29 is 9.47 Å². The summed E-state index contributed by atoms with van der Waals surface area (Å²) in [5, 5.41) is 0. The third kappa shape index (κ3) is 2.47. The smallest absolute Gasteiger partial charge is 0.215 e. The number of H-pyrrole nitrogens is 1. The van der Waals surface area contributed by atoms with Gasteiger partial charge in [-0.1, -0.05) is 0 Å². The Morgan fingerprint density at radius 3 is 2.76 bits per heavy atom. The molecule has 3 N–H and O–H groups in total. The van der Waals surface area contributed by atoms with Gasteiger partial charge < -0.3 is 20.2 Å². The number of benzene rings is 1. The predicted molar refractivity (Wildman–Crippen MR) is 81.5 cm³/mol. The first-order valence-electron chi connectivity index (χ1n) is 6.64. The average molecular weight is 284 g/mol. The van der Waals surface area contributed by atoms with E-state index in [9.17, 15) is 0 Å². The van der Waals surface area contributed by atoms with Crippen LogP contribution in [0.1, 0.15) is 6.92 Å². The third-order valence-corrected chi connectivity index (χ3v) is 3.12. The summed E-state index contributed by atoms with van der Waals surface area (Å²) in [6.45, 7) is 2.49. The zero-order valence-corrected chi connectivity index (χ0v) is 11.9. The summed E-state index contributed by atoms with van der Waals surface area (Å²) in [5.41, 5.74) is 8.84. The summed E-state index contributed by atoms with van der Waals surface area (Å²) < 4.78 is 10.5. The van der Waals surface area contributed by atoms with Crippen LogP contribution in [0, 0.1) is 0 Å². The maximum absolute atomic E-state index is 5.92. The van der Waals surface area contributed by atoms with Crippen LogP contribution in [0.2, 0.25) is 0 Å². The van der Waals surface area contributed by atoms with Crippen LogP contribution in [0.3, 0.4) is 0 Å². The number of aromatic nitrogens is 3. The third-order valence-electron chi connectivity index (χ3n) is 3.12. The van der Waals surface area contributed by atoms with E-state index in [2.05, 4.69) is 15.0 Å². The molecule has 3 rings (SSSR count). The summed E-state index contributed by atoms with van der Waals surface area (Å²) in [4.78, 5) is 12.0. The lowest BCUT2D eigenvalue weighted by molar-refractivity contribution is 0.328. The Kier molecular flexibility index (Phi) is 3.35.